The van der Waals surface area contributed by atoms with Crippen molar-refractivity contribution in [1.82, 2.24) is 25.9 Å². The Morgan fingerprint density at radius 2 is 1.69 bits per heavy atom. The average molecular weight is 512 g/mol. The number of hydrogen-bond donors (Lipinski definition) is 8. The number of aromatic amines is 1. The lowest BCUT2D eigenvalue weighted by Crippen LogP contribution is -2.59. The maximum atomic E-state index is 13.1. The molecule has 1 heterocycles. The molecule has 1 rings (SSSR count). The number of nitrogens with one attached hydrogen (secondary N) is 4. The summed E-state index contributed by atoms with van der Waals surface area (Å²) < 4.78 is 0. The number of amides is 3. The molecule has 0 aliphatic rings. The molecule has 14 nitrogen and oxygen atoms in total. The fourth-order valence-corrected chi connectivity index (χ4v) is 3.35. The summed E-state index contributed by atoms with van der Waals surface area (Å²) in [6, 6.07) is -4.81. The molecular weight excluding hydrogens is 474 g/mol. The van der Waals surface area contributed by atoms with Gasteiger partial charge in [0.05, 0.1) is 18.8 Å². The number of imidazole rings is 1. The Hall–Kier alpha value is -3.52. The number of carbonyl (C=O) groups is 5. The predicted molar refractivity (Wildman–Crippen MR) is 128 cm³/mol. The summed E-state index contributed by atoms with van der Waals surface area (Å²) in [6.45, 7) is 3.90. The van der Waals surface area contributed by atoms with Gasteiger partial charge in [0.25, 0.3) is 0 Å². The van der Waals surface area contributed by atoms with Crippen LogP contribution >= 0.6 is 0 Å². The number of nitrogens with zero attached hydrogens (tertiary/aromatic N) is 1. The number of aliphatic carboxylic acids is 2. The summed E-state index contributed by atoms with van der Waals surface area (Å²) in [6.07, 6.45) is 3.90. The first-order chi connectivity index (χ1) is 17.0. The molecule has 3 amide bonds. The number of aromatic nitrogens is 2. The lowest BCUT2D eigenvalue weighted by atomic mass is 9.96. The summed E-state index contributed by atoms with van der Waals surface area (Å²) in [7, 11) is 0. The number of nitrogens with two attached hydrogens (primary N) is 2. The van der Waals surface area contributed by atoms with Gasteiger partial charge < -0.3 is 42.6 Å². The molecular formula is C22H37N7O7. The summed E-state index contributed by atoms with van der Waals surface area (Å²) in [5.74, 6) is -5.08. The van der Waals surface area contributed by atoms with E-state index in [1.807, 2.05) is 6.92 Å². The Morgan fingerprint density at radius 1 is 1.03 bits per heavy atom. The van der Waals surface area contributed by atoms with Gasteiger partial charge in [0.2, 0.25) is 17.7 Å². The zero-order valence-electron chi connectivity index (χ0n) is 20.5. The number of carbonyl (C=O) groups excluding carboxylic acids is 3. The summed E-state index contributed by atoms with van der Waals surface area (Å²) in [5.41, 5.74) is 11.6. The molecule has 1 aromatic rings. The minimum atomic E-state index is -1.36. The van der Waals surface area contributed by atoms with Crippen molar-refractivity contribution in [1.29, 1.82) is 0 Å². The van der Waals surface area contributed by atoms with E-state index >= 15 is 0 Å². The number of rotatable bonds is 17. The molecule has 0 radical (unpaired) electrons. The Balaban J connectivity index is 3.00. The lowest BCUT2D eigenvalue weighted by Gasteiger charge is -2.28. The van der Waals surface area contributed by atoms with Gasteiger partial charge in [-0.2, -0.15) is 0 Å². The molecule has 14 heteroatoms. The second-order valence-electron chi connectivity index (χ2n) is 8.60. The largest absolute Gasteiger partial charge is 0.481 e. The van der Waals surface area contributed by atoms with E-state index in [0.29, 0.717) is 31.5 Å². The van der Waals surface area contributed by atoms with Crippen molar-refractivity contribution in [2.45, 2.75) is 76.5 Å². The van der Waals surface area contributed by atoms with Gasteiger partial charge in [-0.15, -0.1) is 0 Å². The Morgan fingerprint density at radius 3 is 2.22 bits per heavy atom. The zero-order valence-corrected chi connectivity index (χ0v) is 20.5. The zero-order chi connectivity index (χ0) is 27.3. The number of carboxylic acids is 2. The van der Waals surface area contributed by atoms with Crippen LogP contribution in [-0.2, 0) is 30.4 Å². The Bertz CT molecular complexity index is 878. The van der Waals surface area contributed by atoms with Gasteiger partial charge in [-0.25, -0.2) is 9.78 Å². The smallest absolute Gasteiger partial charge is 0.326 e. The minimum absolute atomic E-state index is 0.0402. The maximum absolute atomic E-state index is 13.1. The van der Waals surface area contributed by atoms with Gasteiger partial charge in [0.15, 0.2) is 0 Å². The molecule has 0 aliphatic carbocycles. The van der Waals surface area contributed by atoms with Gasteiger partial charge >= 0.3 is 11.9 Å². The highest BCUT2D eigenvalue weighted by atomic mass is 16.4. The summed E-state index contributed by atoms with van der Waals surface area (Å²) >= 11 is 0. The molecule has 0 aliphatic heterocycles. The van der Waals surface area contributed by atoms with E-state index < -0.39 is 60.2 Å². The third-order valence-electron chi connectivity index (χ3n) is 5.70. The molecule has 0 spiro atoms. The Labute approximate surface area is 209 Å². The highest BCUT2D eigenvalue weighted by molar-refractivity contribution is 5.94. The van der Waals surface area contributed by atoms with Crippen LogP contribution in [0.4, 0.5) is 0 Å². The normalized spacial score (nSPS) is 15.1. The van der Waals surface area contributed by atoms with Crippen LogP contribution in [0.2, 0.25) is 0 Å². The standard InChI is InChI=1S/C22H37N7O7/c1-3-12(2)18(21(34)28-16(22(35)36)8-13-10-25-11-26-13)29-20(33)15(6-4-5-7-23)27-19(32)14(24)9-17(30)31/h10-12,14-16,18H,3-9,23-24H2,1-2H3,(H,25,26)(H,27,32)(H,28,34)(H,29,33)(H,30,31)(H,35,36). The first-order valence-electron chi connectivity index (χ1n) is 11.8. The van der Waals surface area contributed by atoms with Crippen molar-refractivity contribution in [3.05, 3.63) is 18.2 Å². The second kappa shape index (κ2) is 15.5. The van der Waals surface area contributed by atoms with Gasteiger partial charge in [-0.1, -0.05) is 20.3 Å². The van der Waals surface area contributed by atoms with Gasteiger partial charge in [-0.05, 0) is 31.7 Å². The molecule has 0 fully saturated rings. The van der Waals surface area contributed by atoms with E-state index in [2.05, 4.69) is 25.9 Å². The molecule has 0 aromatic carbocycles. The van der Waals surface area contributed by atoms with Gasteiger partial charge in [-0.3, -0.25) is 19.2 Å². The van der Waals surface area contributed by atoms with Crippen molar-refractivity contribution in [2.24, 2.45) is 17.4 Å². The molecule has 10 N–H and O–H groups in total. The van der Waals surface area contributed by atoms with Gasteiger partial charge in [0, 0.05) is 18.3 Å². The predicted octanol–water partition coefficient (Wildman–Crippen LogP) is -1.53. The molecule has 1 aromatic heterocycles. The fraction of sp³-hybridized carbons (Fsp3) is 0.636. The highest BCUT2D eigenvalue weighted by Crippen LogP contribution is 2.11. The lowest BCUT2D eigenvalue weighted by molar-refractivity contribution is -0.142. The molecule has 0 saturated carbocycles. The van der Waals surface area contributed by atoms with E-state index in [1.54, 1.807) is 6.92 Å². The number of H-pyrrole nitrogens is 1. The molecule has 5 atom stereocenters. The van der Waals surface area contributed by atoms with Crippen molar-refractivity contribution in [3.63, 3.8) is 0 Å². The summed E-state index contributed by atoms with van der Waals surface area (Å²) in [4.78, 5) is 67.7. The molecule has 202 valence electrons. The molecule has 0 saturated heterocycles. The molecule has 36 heavy (non-hydrogen) atoms. The minimum Gasteiger partial charge on any atom is -0.481 e. The van der Waals surface area contributed by atoms with Crippen LogP contribution in [0.3, 0.4) is 0 Å². The van der Waals surface area contributed by atoms with Crippen LogP contribution in [0, 0.1) is 5.92 Å². The fourth-order valence-electron chi connectivity index (χ4n) is 3.35. The van der Waals surface area contributed by atoms with Crippen LogP contribution in [0.25, 0.3) is 0 Å². The number of unbranched alkanes of at least 4 members (excludes halogenated alkanes) is 1. The first kappa shape index (κ1) is 30.5. The van der Waals surface area contributed by atoms with Gasteiger partial charge in [0.1, 0.15) is 18.1 Å². The number of hydrogen-bond acceptors (Lipinski definition) is 8. The first-order valence-corrected chi connectivity index (χ1v) is 11.8. The quantitative estimate of drug-likeness (QED) is 0.112. The molecule has 0 bridgehead atoms. The second-order valence-corrected chi connectivity index (χ2v) is 8.60. The van der Waals surface area contributed by atoms with E-state index in [0.717, 1.165) is 0 Å². The highest BCUT2D eigenvalue weighted by Gasteiger charge is 2.33. The monoisotopic (exact) mass is 511 g/mol. The average Bonchev–Trinajstić information content (AvgIpc) is 3.33. The third kappa shape index (κ3) is 10.4. The Kier molecular flexibility index (Phi) is 13.1. The maximum Gasteiger partial charge on any atom is 0.326 e. The molecule has 5 unspecified atom stereocenters. The van der Waals surface area contributed by atoms with E-state index in [-0.39, 0.29) is 18.8 Å². The number of carboxylic acid groups (broad SMARTS) is 2. The van der Waals surface area contributed by atoms with E-state index in [1.165, 1.54) is 12.5 Å². The third-order valence-corrected chi connectivity index (χ3v) is 5.70. The van der Waals surface area contributed by atoms with Crippen molar-refractivity contribution in [2.75, 3.05) is 6.54 Å². The van der Waals surface area contributed by atoms with Crippen LogP contribution in [-0.4, -0.2) is 80.6 Å². The van der Waals surface area contributed by atoms with Crippen molar-refractivity contribution >= 4 is 29.7 Å². The SMILES string of the molecule is CCC(C)C(NC(=O)C(CCCCN)NC(=O)C(N)CC(=O)O)C(=O)NC(Cc1cnc[nH]1)C(=O)O. The topological polar surface area (TPSA) is 243 Å². The van der Waals surface area contributed by atoms with E-state index in [4.69, 9.17) is 16.6 Å². The van der Waals surface area contributed by atoms with Crippen molar-refractivity contribution in [3.8, 4) is 0 Å². The van der Waals surface area contributed by atoms with E-state index in [9.17, 15) is 29.1 Å². The van der Waals surface area contributed by atoms with Crippen molar-refractivity contribution < 1.29 is 34.2 Å². The van der Waals surface area contributed by atoms with Crippen LogP contribution < -0.4 is 27.4 Å². The van der Waals surface area contributed by atoms with Crippen LogP contribution in [0.5, 0.6) is 0 Å². The summed E-state index contributed by atoms with van der Waals surface area (Å²) in [5, 5.41) is 25.9. The van der Waals surface area contributed by atoms with Crippen LogP contribution in [0.15, 0.2) is 12.5 Å². The van der Waals surface area contributed by atoms with Crippen LogP contribution in [0.1, 0.15) is 51.6 Å².